The zero-order chi connectivity index (χ0) is 12.0. The lowest BCUT2D eigenvalue weighted by molar-refractivity contribution is 0.00578. The van der Waals surface area contributed by atoms with Gasteiger partial charge in [0.2, 0.25) is 0 Å². The molecular weight excluding hydrogens is 236 g/mol. The molecule has 3 nitrogen and oxygen atoms in total. The molecule has 0 unspecified atom stereocenters. The third-order valence-corrected chi connectivity index (χ3v) is 4.64. The standard InChI is InChI=1S/C12H24BNO2.ClH/c1-11(2)12(3,4)16-13(15-11)10-7-5-6-9(10)8-14;/h9-10H,5-8,14H2,1-4H3;1H/t9-,10-;/m1./s1. The molecule has 0 amide bonds. The molecule has 1 heterocycles. The molecular formula is C12H25BClNO2. The Kier molecular flexibility index (Phi) is 4.57. The van der Waals surface area contributed by atoms with Gasteiger partial charge in [0.15, 0.2) is 0 Å². The molecule has 0 aromatic rings. The smallest absolute Gasteiger partial charge is 0.403 e. The van der Waals surface area contributed by atoms with Crippen molar-refractivity contribution in [2.75, 3.05) is 6.54 Å². The molecule has 0 spiro atoms. The van der Waals surface area contributed by atoms with Crippen LogP contribution in [-0.4, -0.2) is 24.9 Å². The van der Waals surface area contributed by atoms with Crippen LogP contribution in [0.3, 0.4) is 0 Å². The quantitative estimate of drug-likeness (QED) is 0.777. The van der Waals surface area contributed by atoms with Gasteiger partial charge >= 0.3 is 7.12 Å². The van der Waals surface area contributed by atoms with Gasteiger partial charge in [-0.2, -0.15) is 0 Å². The fraction of sp³-hybridized carbons (Fsp3) is 1.00. The van der Waals surface area contributed by atoms with E-state index in [1.54, 1.807) is 0 Å². The molecule has 0 aromatic heterocycles. The van der Waals surface area contributed by atoms with E-state index in [0.717, 1.165) is 6.54 Å². The van der Waals surface area contributed by atoms with Crippen LogP contribution in [0.2, 0.25) is 5.82 Å². The zero-order valence-corrected chi connectivity index (χ0v) is 12.2. The van der Waals surface area contributed by atoms with Crippen molar-refractivity contribution in [3.63, 3.8) is 0 Å². The normalized spacial score (nSPS) is 34.8. The minimum absolute atomic E-state index is 0. The molecule has 2 atom stereocenters. The average Bonchev–Trinajstić information content (AvgIpc) is 2.69. The predicted octanol–water partition coefficient (Wildman–Crippen LogP) is 2.63. The van der Waals surface area contributed by atoms with Crippen molar-refractivity contribution in [1.29, 1.82) is 0 Å². The van der Waals surface area contributed by atoms with E-state index in [9.17, 15) is 0 Å². The van der Waals surface area contributed by atoms with Crippen LogP contribution in [0.1, 0.15) is 47.0 Å². The highest BCUT2D eigenvalue weighted by molar-refractivity contribution is 6.47. The molecule has 5 heteroatoms. The lowest BCUT2D eigenvalue weighted by atomic mass is 9.66. The highest BCUT2D eigenvalue weighted by Crippen LogP contribution is 2.46. The minimum Gasteiger partial charge on any atom is -0.403 e. The summed E-state index contributed by atoms with van der Waals surface area (Å²) in [6.07, 6.45) is 3.68. The van der Waals surface area contributed by atoms with Gasteiger partial charge in [0, 0.05) is 0 Å². The summed E-state index contributed by atoms with van der Waals surface area (Å²) in [7, 11) is -0.0546. The van der Waals surface area contributed by atoms with Crippen LogP contribution in [0, 0.1) is 5.92 Å². The molecule has 1 saturated heterocycles. The summed E-state index contributed by atoms with van der Waals surface area (Å²) in [5.74, 6) is 1.07. The van der Waals surface area contributed by atoms with Crippen molar-refractivity contribution >= 4 is 19.5 Å². The summed E-state index contributed by atoms with van der Waals surface area (Å²) in [4.78, 5) is 0. The van der Waals surface area contributed by atoms with E-state index < -0.39 is 0 Å². The minimum atomic E-state index is -0.209. The summed E-state index contributed by atoms with van der Waals surface area (Å²) in [6, 6.07) is 0. The van der Waals surface area contributed by atoms with E-state index in [1.165, 1.54) is 19.3 Å². The van der Waals surface area contributed by atoms with Gasteiger partial charge < -0.3 is 15.0 Å². The van der Waals surface area contributed by atoms with E-state index in [4.69, 9.17) is 15.0 Å². The Balaban J connectivity index is 0.00000144. The summed E-state index contributed by atoms with van der Waals surface area (Å²) in [5.41, 5.74) is 5.40. The van der Waals surface area contributed by atoms with Gasteiger partial charge in [0.1, 0.15) is 0 Å². The molecule has 1 saturated carbocycles. The van der Waals surface area contributed by atoms with Crippen LogP contribution < -0.4 is 5.73 Å². The van der Waals surface area contributed by atoms with E-state index in [-0.39, 0.29) is 30.7 Å². The molecule has 1 aliphatic heterocycles. The van der Waals surface area contributed by atoms with Crippen molar-refractivity contribution in [2.24, 2.45) is 11.7 Å². The fourth-order valence-corrected chi connectivity index (χ4v) is 2.78. The van der Waals surface area contributed by atoms with Gasteiger partial charge in [-0.15, -0.1) is 12.4 Å². The molecule has 17 heavy (non-hydrogen) atoms. The van der Waals surface area contributed by atoms with Crippen molar-refractivity contribution < 1.29 is 9.31 Å². The first kappa shape index (κ1) is 15.3. The third-order valence-electron chi connectivity index (χ3n) is 4.64. The van der Waals surface area contributed by atoms with Crippen molar-refractivity contribution in [1.82, 2.24) is 0 Å². The Labute approximate surface area is 111 Å². The Morgan fingerprint density at radius 3 is 2.12 bits per heavy atom. The van der Waals surface area contributed by atoms with Crippen LogP contribution in [0.4, 0.5) is 0 Å². The Bertz CT molecular complexity index is 257. The van der Waals surface area contributed by atoms with Gasteiger partial charge in [-0.25, -0.2) is 0 Å². The summed E-state index contributed by atoms with van der Waals surface area (Å²) < 4.78 is 12.2. The number of hydrogen-bond donors (Lipinski definition) is 1. The first-order valence-corrected chi connectivity index (χ1v) is 6.43. The van der Waals surface area contributed by atoms with Crippen molar-refractivity contribution in [3.05, 3.63) is 0 Å². The Hall–Kier alpha value is 0.235. The Morgan fingerprint density at radius 2 is 1.65 bits per heavy atom. The molecule has 0 bridgehead atoms. The maximum Gasteiger partial charge on any atom is 0.461 e. The summed E-state index contributed by atoms with van der Waals surface area (Å²) >= 11 is 0. The second-order valence-electron chi connectivity index (χ2n) is 6.22. The second-order valence-corrected chi connectivity index (χ2v) is 6.22. The SMILES string of the molecule is CC1(C)OB([C@@H]2CCC[C@@H]2CN)OC1(C)C.Cl. The van der Waals surface area contributed by atoms with Crippen LogP contribution in [0.15, 0.2) is 0 Å². The van der Waals surface area contributed by atoms with Crippen LogP contribution in [0.5, 0.6) is 0 Å². The van der Waals surface area contributed by atoms with Gasteiger partial charge in [-0.1, -0.05) is 12.8 Å². The zero-order valence-electron chi connectivity index (χ0n) is 11.4. The van der Waals surface area contributed by atoms with Gasteiger partial charge in [0.25, 0.3) is 0 Å². The molecule has 2 rings (SSSR count). The maximum absolute atomic E-state index is 6.10. The lowest BCUT2D eigenvalue weighted by Crippen LogP contribution is -2.41. The third kappa shape index (κ3) is 2.65. The number of nitrogens with two attached hydrogens (primary N) is 1. The van der Waals surface area contributed by atoms with Crippen LogP contribution in [0.25, 0.3) is 0 Å². The van der Waals surface area contributed by atoms with Gasteiger partial charge in [-0.3, -0.25) is 0 Å². The average molecular weight is 262 g/mol. The van der Waals surface area contributed by atoms with Gasteiger partial charge in [-0.05, 0) is 52.4 Å². The molecule has 0 radical (unpaired) electrons. The van der Waals surface area contributed by atoms with E-state index >= 15 is 0 Å². The first-order valence-electron chi connectivity index (χ1n) is 6.43. The largest absolute Gasteiger partial charge is 0.461 e. The first-order chi connectivity index (χ1) is 7.37. The highest BCUT2D eigenvalue weighted by atomic mass is 35.5. The fourth-order valence-electron chi connectivity index (χ4n) is 2.78. The molecule has 2 aliphatic rings. The second kappa shape index (κ2) is 5.08. The van der Waals surface area contributed by atoms with Crippen molar-refractivity contribution in [2.45, 2.75) is 64.0 Å². The number of halogens is 1. The number of hydrogen-bond acceptors (Lipinski definition) is 3. The van der Waals surface area contributed by atoms with Crippen molar-refractivity contribution in [3.8, 4) is 0 Å². The topological polar surface area (TPSA) is 44.5 Å². The Morgan fingerprint density at radius 1 is 1.12 bits per heavy atom. The molecule has 2 N–H and O–H groups in total. The maximum atomic E-state index is 6.10. The molecule has 0 aromatic carbocycles. The lowest BCUT2D eigenvalue weighted by Gasteiger charge is -2.32. The van der Waals surface area contributed by atoms with Crippen LogP contribution in [-0.2, 0) is 9.31 Å². The summed E-state index contributed by atoms with van der Waals surface area (Å²) in [6.45, 7) is 9.20. The molecule has 1 aliphatic carbocycles. The van der Waals surface area contributed by atoms with Crippen LogP contribution >= 0.6 is 12.4 Å². The highest BCUT2D eigenvalue weighted by Gasteiger charge is 2.55. The summed E-state index contributed by atoms with van der Waals surface area (Å²) in [5, 5.41) is 0. The van der Waals surface area contributed by atoms with E-state index in [1.807, 2.05) is 0 Å². The van der Waals surface area contributed by atoms with Gasteiger partial charge in [0.05, 0.1) is 11.2 Å². The van der Waals surface area contributed by atoms with E-state index in [0.29, 0.717) is 11.7 Å². The number of rotatable bonds is 2. The van der Waals surface area contributed by atoms with E-state index in [2.05, 4.69) is 27.7 Å². The molecule has 2 fully saturated rings. The predicted molar refractivity (Wildman–Crippen MR) is 73.5 cm³/mol. The molecule has 100 valence electrons. The monoisotopic (exact) mass is 261 g/mol.